The number of nitrogens with zero attached hydrogens (tertiary/aromatic N) is 2. The van der Waals surface area contributed by atoms with Crippen LogP contribution in [-0.4, -0.2) is 16.1 Å². The molecule has 16 heavy (non-hydrogen) atoms. The number of aromatic nitrogens is 2. The van der Waals surface area contributed by atoms with E-state index in [9.17, 15) is 13.2 Å². The first-order valence-corrected chi connectivity index (χ1v) is 4.52. The Hall–Kier alpha value is -1.85. The molecule has 0 atom stereocenters. The molecule has 0 amide bonds. The zero-order chi connectivity index (χ0) is 11.8. The average Bonchev–Trinajstić information content (AvgIpc) is 2.16. The molecule has 84 valence electrons. The van der Waals surface area contributed by atoms with E-state index < -0.39 is 12.6 Å². The highest BCUT2D eigenvalue weighted by Gasteiger charge is 2.27. The normalized spacial score (nSPS) is 11.9. The van der Waals surface area contributed by atoms with Gasteiger partial charge >= 0.3 is 6.18 Å². The fourth-order valence-corrected chi connectivity index (χ4v) is 1.44. The Morgan fingerprint density at radius 1 is 1.25 bits per heavy atom. The van der Waals surface area contributed by atoms with E-state index in [0.717, 1.165) is 0 Å². The number of anilines is 1. The van der Waals surface area contributed by atoms with Crippen LogP contribution in [0.3, 0.4) is 0 Å². The molecule has 0 aliphatic heterocycles. The van der Waals surface area contributed by atoms with Crippen LogP contribution >= 0.6 is 0 Å². The monoisotopic (exact) mass is 227 g/mol. The first-order valence-electron chi connectivity index (χ1n) is 4.52. The van der Waals surface area contributed by atoms with Crippen LogP contribution in [0.2, 0.25) is 0 Å². The lowest BCUT2D eigenvalue weighted by Gasteiger charge is -2.06. The molecule has 2 aromatic rings. The van der Waals surface area contributed by atoms with E-state index in [-0.39, 0.29) is 11.5 Å². The Bertz CT molecular complexity index is 522. The third kappa shape index (κ3) is 2.39. The Kier molecular flexibility index (Phi) is 2.41. The number of nitrogen functional groups attached to an aromatic ring is 1. The van der Waals surface area contributed by atoms with Crippen molar-refractivity contribution in [3.05, 3.63) is 30.0 Å². The third-order valence-electron chi connectivity index (χ3n) is 2.07. The lowest BCUT2D eigenvalue weighted by atomic mass is 10.1. The molecule has 2 N–H and O–H groups in total. The predicted octanol–water partition coefficient (Wildman–Crippen LogP) is 2.32. The van der Waals surface area contributed by atoms with Crippen LogP contribution in [-0.2, 0) is 6.42 Å². The largest absolute Gasteiger partial charge is 0.393 e. The highest BCUT2D eigenvalue weighted by atomic mass is 19.4. The van der Waals surface area contributed by atoms with Gasteiger partial charge in [-0.3, -0.25) is 0 Å². The summed E-state index contributed by atoms with van der Waals surface area (Å²) >= 11 is 0. The minimum Gasteiger partial charge on any atom is -0.368 e. The summed E-state index contributed by atoms with van der Waals surface area (Å²) in [5.74, 6) is 0.107. The van der Waals surface area contributed by atoms with Crippen LogP contribution in [0, 0.1) is 0 Å². The van der Waals surface area contributed by atoms with Crippen molar-refractivity contribution >= 4 is 16.9 Å². The summed E-state index contributed by atoms with van der Waals surface area (Å²) < 4.78 is 36.5. The molecule has 2 rings (SSSR count). The van der Waals surface area contributed by atoms with E-state index in [2.05, 4.69) is 9.97 Å². The van der Waals surface area contributed by atoms with Crippen LogP contribution in [0.25, 0.3) is 10.9 Å². The molecule has 0 bridgehead atoms. The fourth-order valence-electron chi connectivity index (χ4n) is 1.44. The molecule has 0 fully saturated rings. The van der Waals surface area contributed by atoms with Crippen molar-refractivity contribution in [2.24, 2.45) is 0 Å². The number of nitrogens with two attached hydrogens (primary N) is 1. The fraction of sp³-hybridized carbons (Fsp3) is 0.200. The zero-order valence-electron chi connectivity index (χ0n) is 8.12. The number of benzene rings is 1. The number of hydrogen-bond acceptors (Lipinski definition) is 3. The quantitative estimate of drug-likeness (QED) is 0.813. The third-order valence-corrected chi connectivity index (χ3v) is 2.07. The molecule has 0 saturated heterocycles. The molecule has 3 nitrogen and oxygen atoms in total. The van der Waals surface area contributed by atoms with Crippen molar-refractivity contribution < 1.29 is 13.2 Å². The second-order valence-corrected chi connectivity index (χ2v) is 3.41. The van der Waals surface area contributed by atoms with Crippen molar-refractivity contribution in [3.63, 3.8) is 0 Å². The van der Waals surface area contributed by atoms with E-state index >= 15 is 0 Å². The van der Waals surface area contributed by atoms with Crippen LogP contribution in [0.5, 0.6) is 0 Å². The van der Waals surface area contributed by atoms with E-state index in [1.165, 1.54) is 24.4 Å². The van der Waals surface area contributed by atoms with Gasteiger partial charge in [-0.1, -0.05) is 6.07 Å². The Labute approximate surface area is 89.1 Å². The number of fused-ring (bicyclic) bond motifs is 1. The summed E-state index contributed by atoms with van der Waals surface area (Å²) in [5.41, 5.74) is 6.09. The molecule has 6 heteroatoms. The van der Waals surface area contributed by atoms with Gasteiger partial charge in [0.2, 0.25) is 5.95 Å². The standard InChI is InChI=1S/C10H8F3N3/c11-10(12,13)4-6-1-2-8-7(3-6)5-15-9(14)16-8/h1-3,5H,4H2,(H2,14,15,16). The minimum absolute atomic E-state index is 0.107. The van der Waals surface area contributed by atoms with Crippen molar-refractivity contribution in [1.29, 1.82) is 0 Å². The molecule has 0 radical (unpaired) electrons. The van der Waals surface area contributed by atoms with Gasteiger partial charge in [0.15, 0.2) is 0 Å². The van der Waals surface area contributed by atoms with Crippen molar-refractivity contribution in [2.75, 3.05) is 5.73 Å². The Morgan fingerprint density at radius 2 is 2.00 bits per heavy atom. The van der Waals surface area contributed by atoms with Gasteiger partial charge in [0.05, 0.1) is 11.9 Å². The van der Waals surface area contributed by atoms with Crippen LogP contribution < -0.4 is 5.73 Å². The molecule has 1 aromatic heterocycles. The first-order chi connectivity index (χ1) is 7.44. The SMILES string of the molecule is Nc1ncc2cc(CC(F)(F)F)ccc2n1. The van der Waals surface area contributed by atoms with Crippen LogP contribution in [0.1, 0.15) is 5.56 Å². The Morgan fingerprint density at radius 3 is 2.69 bits per heavy atom. The summed E-state index contributed by atoms with van der Waals surface area (Å²) in [4.78, 5) is 7.63. The van der Waals surface area contributed by atoms with Gasteiger partial charge in [0.1, 0.15) is 0 Å². The molecule has 0 aliphatic carbocycles. The summed E-state index contributed by atoms with van der Waals surface area (Å²) in [6, 6.07) is 4.32. The van der Waals surface area contributed by atoms with Crippen LogP contribution in [0.15, 0.2) is 24.4 Å². The second-order valence-electron chi connectivity index (χ2n) is 3.41. The smallest absolute Gasteiger partial charge is 0.368 e. The molecule has 1 aromatic carbocycles. The van der Waals surface area contributed by atoms with Gasteiger partial charge in [0.25, 0.3) is 0 Å². The zero-order valence-corrected chi connectivity index (χ0v) is 8.12. The predicted molar refractivity (Wildman–Crippen MR) is 53.7 cm³/mol. The van der Waals surface area contributed by atoms with E-state index in [1.807, 2.05) is 0 Å². The molecule has 0 spiro atoms. The molecule has 0 saturated carbocycles. The second kappa shape index (κ2) is 3.62. The van der Waals surface area contributed by atoms with E-state index in [0.29, 0.717) is 10.9 Å². The van der Waals surface area contributed by atoms with Crippen molar-refractivity contribution in [1.82, 2.24) is 9.97 Å². The molecule has 0 unspecified atom stereocenters. The summed E-state index contributed by atoms with van der Waals surface area (Å²) in [6.45, 7) is 0. The van der Waals surface area contributed by atoms with E-state index in [1.54, 1.807) is 0 Å². The van der Waals surface area contributed by atoms with Gasteiger partial charge in [-0.15, -0.1) is 0 Å². The van der Waals surface area contributed by atoms with Gasteiger partial charge in [-0.25, -0.2) is 9.97 Å². The topological polar surface area (TPSA) is 51.8 Å². The number of alkyl halides is 3. The lowest BCUT2D eigenvalue weighted by molar-refractivity contribution is -0.127. The lowest BCUT2D eigenvalue weighted by Crippen LogP contribution is -2.11. The maximum Gasteiger partial charge on any atom is 0.393 e. The molecular formula is C10H8F3N3. The van der Waals surface area contributed by atoms with Gasteiger partial charge in [-0.05, 0) is 17.7 Å². The summed E-state index contributed by atoms with van der Waals surface area (Å²) in [7, 11) is 0. The number of rotatable bonds is 1. The van der Waals surface area contributed by atoms with E-state index in [4.69, 9.17) is 5.73 Å². The highest BCUT2D eigenvalue weighted by molar-refractivity contribution is 5.79. The molecule has 1 heterocycles. The number of halogens is 3. The van der Waals surface area contributed by atoms with Gasteiger partial charge < -0.3 is 5.73 Å². The molecular weight excluding hydrogens is 219 g/mol. The summed E-state index contributed by atoms with van der Waals surface area (Å²) in [5, 5.41) is 0.552. The average molecular weight is 227 g/mol. The van der Waals surface area contributed by atoms with Crippen molar-refractivity contribution in [3.8, 4) is 0 Å². The number of hydrogen-bond donors (Lipinski definition) is 1. The first kappa shape index (κ1) is 10.7. The minimum atomic E-state index is -4.21. The van der Waals surface area contributed by atoms with Gasteiger partial charge in [0, 0.05) is 11.6 Å². The highest BCUT2D eigenvalue weighted by Crippen LogP contribution is 2.23. The maximum atomic E-state index is 12.2. The summed E-state index contributed by atoms with van der Waals surface area (Å²) in [6.07, 6.45) is -3.74. The van der Waals surface area contributed by atoms with Gasteiger partial charge in [-0.2, -0.15) is 13.2 Å². The van der Waals surface area contributed by atoms with Crippen LogP contribution in [0.4, 0.5) is 19.1 Å². The molecule has 0 aliphatic rings. The Balaban J connectivity index is 2.41. The maximum absolute atomic E-state index is 12.2. The van der Waals surface area contributed by atoms with Crippen molar-refractivity contribution in [2.45, 2.75) is 12.6 Å².